The monoisotopic (exact) mass is 282 g/mol. The van der Waals surface area contributed by atoms with Crippen LogP contribution in [0.25, 0.3) is 10.9 Å². The maximum Gasteiger partial charge on any atom is 0.356 e. The standard InChI is InChI=1S/C11H11BrN2O2/c1-14-8-4-3-6(12)5-7(8)9(13)10(14)11(15)16-2/h3-5H,13H2,1-2H3. The van der Waals surface area contributed by atoms with Crippen LogP contribution in [0.3, 0.4) is 0 Å². The van der Waals surface area contributed by atoms with Crippen molar-refractivity contribution in [2.24, 2.45) is 7.05 Å². The minimum absolute atomic E-state index is 0.385. The maximum atomic E-state index is 11.6. The summed E-state index contributed by atoms with van der Waals surface area (Å²) in [5.74, 6) is -0.424. The molecule has 5 heteroatoms. The first-order valence-corrected chi connectivity index (χ1v) is 5.47. The summed E-state index contributed by atoms with van der Waals surface area (Å²) in [6.45, 7) is 0. The number of fused-ring (bicyclic) bond motifs is 1. The molecule has 1 aromatic heterocycles. The van der Waals surface area contributed by atoms with Crippen LogP contribution in [0.1, 0.15) is 10.5 Å². The minimum Gasteiger partial charge on any atom is -0.464 e. The highest BCUT2D eigenvalue weighted by Gasteiger charge is 2.19. The molecule has 2 rings (SSSR count). The number of halogens is 1. The summed E-state index contributed by atoms with van der Waals surface area (Å²) in [5, 5.41) is 0.845. The third-order valence-corrected chi connectivity index (χ3v) is 3.07. The van der Waals surface area contributed by atoms with Crippen molar-refractivity contribution in [3.05, 3.63) is 28.4 Å². The summed E-state index contributed by atoms with van der Waals surface area (Å²) in [7, 11) is 3.13. The summed E-state index contributed by atoms with van der Waals surface area (Å²) >= 11 is 3.37. The molecule has 2 N–H and O–H groups in total. The van der Waals surface area contributed by atoms with Crippen molar-refractivity contribution in [1.82, 2.24) is 4.57 Å². The van der Waals surface area contributed by atoms with Gasteiger partial charge in [0.15, 0.2) is 5.69 Å². The van der Waals surface area contributed by atoms with Crippen LogP contribution in [0.4, 0.5) is 5.69 Å². The van der Waals surface area contributed by atoms with Crippen LogP contribution in [0.2, 0.25) is 0 Å². The number of aryl methyl sites for hydroxylation is 1. The number of benzene rings is 1. The molecule has 0 bridgehead atoms. The molecule has 0 saturated heterocycles. The predicted molar refractivity (Wildman–Crippen MR) is 66.4 cm³/mol. The minimum atomic E-state index is -0.424. The molecule has 0 radical (unpaired) electrons. The van der Waals surface area contributed by atoms with Gasteiger partial charge in [-0.15, -0.1) is 0 Å². The number of aromatic nitrogens is 1. The van der Waals surface area contributed by atoms with Gasteiger partial charge < -0.3 is 15.0 Å². The molecule has 2 aromatic rings. The van der Waals surface area contributed by atoms with E-state index >= 15 is 0 Å². The molecule has 84 valence electrons. The van der Waals surface area contributed by atoms with Gasteiger partial charge in [0.25, 0.3) is 0 Å². The van der Waals surface area contributed by atoms with Gasteiger partial charge in [-0.3, -0.25) is 0 Å². The molecular formula is C11H11BrN2O2. The quantitative estimate of drug-likeness (QED) is 0.817. The summed E-state index contributed by atoms with van der Waals surface area (Å²) in [6.07, 6.45) is 0. The van der Waals surface area contributed by atoms with Gasteiger partial charge in [0.05, 0.1) is 18.3 Å². The molecule has 0 spiro atoms. The number of hydrogen-bond donors (Lipinski definition) is 1. The van der Waals surface area contributed by atoms with Crippen LogP contribution in [-0.4, -0.2) is 17.6 Å². The van der Waals surface area contributed by atoms with Gasteiger partial charge in [-0.1, -0.05) is 15.9 Å². The van der Waals surface area contributed by atoms with Gasteiger partial charge in [-0.05, 0) is 18.2 Å². The molecule has 4 nitrogen and oxygen atoms in total. The van der Waals surface area contributed by atoms with E-state index in [9.17, 15) is 4.79 Å². The van der Waals surface area contributed by atoms with Crippen molar-refractivity contribution in [3.63, 3.8) is 0 Å². The van der Waals surface area contributed by atoms with E-state index in [0.29, 0.717) is 11.4 Å². The average molecular weight is 283 g/mol. The Morgan fingerprint density at radius 3 is 2.81 bits per heavy atom. The summed E-state index contributed by atoms with van der Waals surface area (Å²) in [6, 6.07) is 5.70. The van der Waals surface area contributed by atoms with E-state index in [1.54, 1.807) is 11.6 Å². The van der Waals surface area contributed by atoms with Crippen LogP contribution >= 0.6 is 15.9 Å². The van der Waals surface area contributed by atoms with Crippen molar-refractivity contribution in [2.45, 2.75) is 0 Å². The Morgan fingerprint density at radius 2 is 2.19 bits per heavy atom. The number of methoxy groups -OCH3 is 1. The predicted octanol–water partition coefficient (Wildman–Crippen LogP) is 2.31. The molecule has 0 fully saturated rings. The largest absolute Gasteiger partial charge is 0.464 e. The van der Waals surface area contributed by atoms with Gasteiger partial charge in [0.2, 0.25) is 0 Å². The molecule has 0 amide bonds. The van der Waals surface area contributed by atoms with Gasteiger partial charge in [-0.25, -0.2) is 4.79 Å². The number of anilines is 1. The Kier molecular flexibility index (Phi) is 2.63. The highest BCUT2D eigenvalue weighted by Crippen LogP contribution is 2.30. The molecule has 0 aliphatic rings. The zero-order chi connectivity index (χ0) is 11.9. The molecule has 0 aliphatic heterocycles. The molecule has 0 saturated carbocycles. The van der Waals surface area contributed by atoms with Crippen LogP contribution in [0.15, 0.2) is 22.7 Å². The molecule has 1 heterocycles. The number of nitrogen functional groups attached to an aromatic ring is 1. The van der Waals surface area contributed by atoms with Crippen LogP contribution in [0, 0.1) is 0 Å². The zero-order valence-corrected chi connectivity index (χ0v) is 10.5. The fraction of sp³-hybridized carbons (Fsp3) is 0.182. The number of hydrogen-bond acceptors (Lipinski definition) is 3. The highest BCUT2D eigenvalue weighted by molar-refractivity contribution is 9.10. The van der Waals surface area contributed by atoms with Crippen molar-refractivity contribution in [2.75, 3.05) is 12.8 Å². The Labute approximate surface area is 101 Å². The van der Waals surface area contributed by atoms with Gasteiger partial charge in [0, 0.05) is 16.9 Å². The van der Waals surface area contributed by atoms with Crippen LogP contribution in [0.5, 0.6) is 0 Å². The number of nitrogens with two attached hydrogens (primary N) is 1. The lowest BCUT2D eigenvalue weighted by atomic mass is 10.2. The van der Waals surface area contributed by atoms with E-state index in [1.807, 2.05) is 18.2 Å². The first kappa shape index (κ1) is 11.0. The molecule has 1 aromatic carbocycles. The Balaban J connectivity index is 2.81. The normalized spacial score (nSPS) is 10.7. The lowest BCUT2D eigenvalue weighted by Crippen LogP contribution is -2.09. The van der Waals surface area contributed by atoms with Gasteiger partial charge in [-0.2, -0.15) is 0 Å². The van der Waals surface area contributed by atoms with Crippen LogP contribution in [-0.2, 0) is 11.8 Å². The first-order valence-electron chi connectivity index (χ1n) is 4.68. The van der Waals surface area contributed by atoms with E-state index in [2.05, 4.69) is 15.9 Å². The fourth-order valence-corrected chi connectivity index (χ4v) is 2.15. The number of nitrogens with zero attached hydrogens (tertiary/aromatic N) is 1. The van der Waals surface area contributed by atoms with E-state index in [-0.39, 0.29) is 0 Å². The Morgan fingerprint density at radius 1 is 1.50 bits per heavy atom. The molecule has 0 atom stereocenters. The number of esters is 1. The maximum absolute atomic E-state index is 11.6. The van der Waals surface area contributed by atoms with Gasteiger partial charge in [0.1, 0.15) is 0 Å². The third kappa shape index (κ3) is 1.48. The molecule has 0 aliphatic carbocycles. The van der Waals surface area contributed by atoms with Crippen molar-refractivity contribution in [1.29, 1.82) is 0 Å². The number of carbonyl (C=O) groups is 1. The van der Waals surface area contributed by atoms with E-state index < -0.39 is 5.97 Å². The second kappa shape index (κ2) is 3.83. The second-order valence-electron chi connectivity index (χ2n) is 3.47. The topological polar surface area (TPSA) is 57.2 Å². The summed E-state index contributed by atoms with van der Waals surface area (Å²) in [5.41, 5.74) is 7.68. The third-order valence-electron chi connectivity index (χ3n) is 2.58. The number of rotatable bonds is 1. The lowest BCUT2D eigenvalue weighted by molar-refractivity contribution is 0.0592. The van der Waals surface area contributed by atoms with Gasteiger partial charge >= 0.3 is 5.97 Å². The van der Waals surface area contributed by atoms with E-state index in [0.717, 1.165) is 15.4 Å². The second-order valence-corrected chi connectivity index (χ2v) is 4.39. The SMILES string of the molecule is COC(=O)c1c(N)c2cc(Br)ccc2n1C. The lowest BCUT2D eigenvalue weighted by Gasteiger charge is -2.02. The smallest absolute Gasteiger partial charge is 0.356 e. The molecule has 16 heavy (non-hydrogen) atoms. The molecular weight excluding hydrogens is 272 g/mol. The first-order chi connectivity index (χ1) is 7.56. The van der Waals surface area contributed by atoms with E-state index in [4.69, 9.17) is 10.5 Å². The summed E-state index contributed by atoms with van der Waals surface area (Å²) in [4.78, 5) is 11.6. The fourth-order valence-electron chi connectivity index (χ4n) is 1.79. The molecule has 0 unspecified atom stereocenters. The highest BCUT2D eigenvalue weighted by atomic mass is 79.9. The Hall–Kier alpha value is -1.49. The van der Waals surface area contributed by atoms with Crippen LogP contribution < -0.4 is 5.73 Å². The van der Waals surface area contributed by atoms with Crippen molar-refractivity contribution in [3.8, 4) is 0 Å². The average Bonchev–Trinajstić information content (AvgIpc) is 2.51. The number of ether oxygens (including phenoxy) is 1. The Bertz CT molecular complexity index is 575. The zero-order valence-electron chi connectivity index (χ0n) is 8.95. The number of carbonyl (C=O) groups excluding carboxylic acids is 1. The van der Waals surface area contributed by atoms with Crippen molar-refractivity contribution < 1.29 is 9.53 Å². The van der Waals surface area contributed by atoms with E-state index in [1.165, 1.54) is 7.11 Å². The summed E-state index contributed by atoms with van der Waals surface area (Å²) < 4.78 is 7.37. The van der Waals surface area contributed by atoms with Crippen molar-refractivity contribution >= 4 is 38.5 Å².